The summed E-state index contributed by atoms with van der Waals surface area (Å²) in [6.45, 7) is 1.58. The Kier molecular flexibility index (Phi) is 4.52. The van der Waals surface area contributed by atoms with E-state index in [0.717, 1.165) is 10.1 Å². The zero-order valence-electron chi connectivity index (χ0n) is 10.4. The number of fused-ring (bicyclic) bond motifs is 1. The average molecular weight is 332 g/mol. The minimum Gasteiger partial charge on any atom is -0.481 e. The predicted molar refractivity (Wildman–Crippen MR) is 81.0 cm³/mol. The van der Waals surface area contributed by atoms with Gasteiger partial charge in [0.2, 0.25) is 0 Å². The molecule has 0 radical (unpaired) electrons. The van der Waals surface area contributed by atoms with Gasteiger partial charge in [0, 0.05) is 21.7 Å². The maximum absolute atomic E-state index is 12.0. The Bertz CT molecular complexity index is 684. The van der Waals surface area contributed by atoms with E-state index in [2.05, 4.69) is 5.32 Å². The molecular weight excluding hydrogens is 321 g/mol. The van der Waals surface area contributed by atoms with Crippen LogP contribution < -0.4 is 5.32 Å². The van der Waals surface area contributed by atoms with Crippen LogP contribution in [0, 0.1) is 5.92 Å². The van der Waals surface area contributed by atoms with Crippen molar-refractivity contribution in [2.75, 3.05) is 6.54 Å². The second kappa shape index (κ2) is 5.99. The van der Waals surface area contributed by atoms with Gasteiger partial charge in [-0.2, -0.15) is 0 Å². The SMILES string of the molecule is CC(CNC(=O)c1sc2cc(Cl)ccc2c1Cl)C(=O)O. The Morgan fingerprint density at radius 1 is 1.40 bits per heavy atom. The van der Waals surface area contributed by atoms with E-state index in [4.69, 9.17) is 28.3 Å². The van der Waals surface area contributed by atoms with Crippen molar-refractivity contribution in [3.8, 4) is 0 Å². The third kappa shape index (κ3) is 3.06. The van der Waals surface area contributed by atoms with Crippen LogP contribution in [-0.4, -0.2) is 23.5 Å². The fraction of sp³-hybridized carbons (Fsp3) is 0.231. The molecule has 0 bridgehead atoms. The highest BCUT2D eigenvalue weighted by molar-refractivity contribution is 7.21. The number of amides is 1. The molecule has 1 unspecified atom stereocenters. The van der Waals surface area contributed by atoms with E-state index < -0.39 is 11.9 Å². The molecule has 4 nitrogen and oxygen atoms in total. The summed E-state index contributed by atoms with van der Waals surface area (Å²) in [6.07, 6.45) is 0. The van der Waals surface area contributed by atoms with Crippen LogP contribution in [0.15, 0.2) is 18.2 Å². The molecule has 0 saturated carbocycles. The summed E-state index contributed by atoms with van der Waals surface area (Å²) in [5, 5.41) is 13.0. The number of carboxylic acid groups (broad SMARTS) is 1. The molecular formula is C13H11Cl2NO3S. The average Bonchev–Trinajstić information content (AvgIpc) is 2.72. The van der Waals surface area contributed by atoms with Crippen molar-refractivity contribution in [1.82, 2.24) is 5.32 Å². The second-order valence-corrected chi connectivity index (χ2v) is 6.20. The summed E-state index contributed by atoms with van der Waals surface area (Å²) in [7, 11) is 0. The molecule has 2 aromatic rings. The molecule has 0 aliphatic heterocycles. The van der Waals surface area contributed by atoms with Crippen LogP contribution in [0.1, 0.15) is 16.6 Å². The van der Waals surface area contributed by atoms with E-state index in [-0.39, 0.29) is 12.5 Å². The van der Waals surface area contributed by atoms with Crippen molar-refractivity contribution in [2.45, 2.75) is 6.92 Å². The molecule has 2 N–H and O–H groups in total. The highest BCUT2D eigenvalue weighted by Gasteiger charge is 2.19. The van der Waals surface area contributed by atoms with Crippen molar-refractivity contribution >= 4 is 56.5 Å². The Morgan fingerprint density at radius 3 is 2.75 bits per heavy atom. The number of hydrogen-bond donors (Lipinski definition) is 2. The lowest BCUT2D eigenvalue weighted by Gasteiger charge is -2.07. The minimum absolute atomic E-state index is 0.0551. The smallest absolute Gasteiger partial charge is 0.308 e. The van der Waals surface area contributed by atoms with E-state index in [9.17, 15) is 9.59 Å². The van der Waals surface area contributed by atoms with Crippen LogP contribution in [0.5, 0.6) is 0 Å². The number of thiophene rings is 1. The van der Waals surface area contributed by atoms with Crippen LogP contribution in [-0.2, 0) is 4.79 Å². The molecule has 0 spiro atoms. The first kappa shape index (κ1) is 15.1. The van der Waals surface area contributed by atoms with E-state index in [1.807, 2.05) is 0 Å². The van der Waals surface area contributed by atoms with E-state index in [1.54, 1.807) is 18.2 Å². The van der Waals surface area contributed by atoms with Gasteiger partial charge in [0.15, 0.2) is 0 Å². The van der Waals surface area contributed by atoms with Crippen molar-refractivity contribution in [3.63, 3.8) is 0 Å². The summed E-state index contributed by atoms with van der Waals surface area (Å²) < 4.78 is 0.818. The molecule has 1 aromatic carbocycles. The van der Waals surface area contributed by atoms with Crippen molar-refractivity contribution in [1.29, 1.82) is 0 Å². The molecule has 1 heterocycles. The summed E-state index contributed by atoms with van der Waals surface area (Å²) in [5.41, 5.74) is 0. The topological polar surface area (TPSA) is 66.4 Å². The maximum Gasteiger partial charge on any atom is 0.308 e. The van der Waals surface area contributed by atoms with Crippen LogP contribution in [0.3, 0.4) is 0 Å². The first-order chi connectivity index (χ1) is 9.40. The number of benzene rings is 1. The van der Waals surface area contributed by atoms with Gasteiger partial charge in [-0.05, 0) is 12.1 Å². The number of carbonyl (C=O) groups is 2. The van der Waals surface area contributed by atoms with Gasteiger partial charge in [0.1, 0.15) is 4.88 Å². The number of aliphatic carboxylic acids is 1. The van der Waals surface area contributed by atoms with Crippen molar-refractivity contribution in [2.24, 2.45) is 5.92 Å². The summed E-state index contributed by atoms with van der Waals surface area (Å²) >= 11 is 13.3. The second-order valence-electron chi connectivity index (χ2n) is 4.33. The molecule has 1 atom stereocenters. The number of nitrogens with one attached hydrogen (secondary N) is 1. The van der Waals surface area contributed by atoms with Gasteiger partial charge >= 0.3 is 5.97 Å². The molecule has 0 saturated heterocycles. The van der Waals surface area contributed by atoms with Crippen LogP contribution >= 0.6 is 34.5 Å². The zero-order chi connectivity index (χ0) is 14.9. The Balaban J connectivity index is 2.22. The predicted octanol–water partition coefficient (Wildman–Crippen LogP) is 3.66. The van der Waals surface area contributed by atoms with E-state index >= 15 is 0 Å². The quantitative estimate of drug-likeness (QED) is 0.898. The summed E-state index contributed by atoms with van der Waals surface area (Å²) in [4.78, 5) is 23.1. The molecule has 0 aliphatic rings. The zero-order valence-corrected chi connectivity index (χ0v) is 12.8. The molecule has 106 valence electrons. The molecule has 1 aromatic heterocycles. The number of carbonyl (C=O) groups excluding carboxylic acids is 1. The lowest BCUT2D eigenvalue weighted by atomic mass is 10.2. The number of rotatable bonds is 4. The van der Waals surface area contributed by atoms with Gasteiger partial charge in [0.05, 0.1) is 10.9 Å². The summed E-state index contributed by atoms with van der Waals surface area (Å²) in [5.74, 6) is -1.98. The molecule has 0 fully saturated rings. The first-order valence-corrected chi connectivity index (χ1v) is 7.36. The highest BCUT2D eigenvalue weighted by atomic mass is 35.5. The lowest BCUT2D eigenvalue weighted by Crippen LogP contribution is -2.31. The van der Waals surface area contributed by atoms with Crippen molar-refractivity contribution < 1.29 is 14.7 Å². The molecule has 7 heteroatoms. The maximum atomic E-state index is 12.0. The van der Waals surface area contributed by atoms with Crippen LogP contribution in [0.25, 0.3) is 10.1 Å². The largest absolute Gasteiger partial charge is 0.481 e. The Hall–Kier alpha value is -1.30. The fourth-order valence-electron chi connectivity index (χ4n) is 1.60. The van der Waals surface area contributed by atoms with Gasteiger partial charge in [-0.15, -0.1) is 11.3 Å². The minimum atomic E-state index is -0.959. The van der Waals surface area contributed by atoms with Crippen LogP contribution in [0.4, 0.5) is 0 Å². The third-order valence-corrected chi connectivity index (χ3v) is 4.68. The normalized spacial score (nSPS) is 12.3. The molecule has 1 amide bonds. The molecule has 20 heavy (non-hydrogen) atoms. The van der Waals surface area contributed by atoms with E-state index in [0.29, 0.717) is 14.9 Å². The number of halogens is 2. The highest BCUT2D eigenvalue weighted by Crippen LogP contribution is 2.36. The van der Waals surface area contributed by atoms with Gasteiger partial charge < -0.3 is 10.4 Å². The van der Waals surface area contributed by atoms with Gasteiger partial charge in [-0.25, -0.2) is 0 Å². The number of carboxylic acids is 1. The van der Waals surface area contributed by atoms with E-state index in [1.165, 1.54) is 18.3 Å². The van der Waals surface area contributed by atoms with Gasteiger partial charge in [0.25, 0.3) is 5.91 Å². The van der Waals surface area contributed by atoms with Gasteiger partial charge in [-0.1, -0.05) is 36.2 Å². The Labute approximate surface area is 129 Å². The monoisotopic (exact) mass is 331 g/mol. The molecule has 0 aliphatic carbocycles. The summed E-state index contributed by atoms with van der Waals surface area (Å²) in [6, 6.07) is 5.20. The number of hydrogen-bond acceptors (Lipinski definition) is 3. The Morgan fingerprint density at radius 2 is 2.10 bits per heavy atom. The first-order valence-electron chi connectivity index (χ1n) is 5.78. The lowest BCUT2D eigenvalue weighted by molar-refractivity contribution is -0.140. The fourth-order valence-corrected chi connectivity index (χ4v) is 3.31. The standard InChI is InChI=1S/C13H11Cl2NO3S/c1-6(13(18)19)5-16-12(17)11-10(15)8-3-2-7(14)4-9(8)20-11/h2-4,6H,5H2,1H3,(H,16,17)(H,18,19). The molecule has 2 rings (SSSR count). The van der Waals surface area contributed by atoms with Gasteiger partial charge in [-0.3, -0.25) is 9.59 Å². The third-order valence-electron chi connectivity index (χ3n) is 2.79. The van der Waals surface area contributed by atoms with Crippen molar-refractivity contribution in [3.05, 3.63) is 33.1 Å². The van der Waals surface area contributed by atoms with Crippen LogP contribution in [0.2, 0.25) is 10.0 Å².